The van der Waals surface area contributed by atoms with Crippen LogP contribution in [-0.4, -0.2) is 42.1 Å². The Bertz CT molecular complexity index is 1650. The largest absolute Gasteiger partial charge is 0.382 e. The van der Waals surface area contributed by atoms with Crippen molar-refractivity contribution in [3.8, 4) is 23.1 Å². The van der Waals surface area contributed by atoms with Crippen molar-refractivity contribution in [2.75, 3.05) is 11.1 Å². The zero-order valence-electron chi connectivity index (χ0n) is 20.6. The fourth-order valence-corrected chi connectivity index (χ4v) is 5.85. The number of nitrogens with zero attached hydrogens (tertiary/aromatic N) is 5. The van der Waals surface area contributed by atoms with Crippen LogP contribution in [0, 0.1) is 17.7 Å². The number of rotatable bonds is 4. The van der Waals surface area contributed by atoms with Crippen LogP contribution in [0.1, 0.15) is 48.8 Å². The van der Waals surface area contributed by atoms with Crippen molar-refractivity contribution in [3.63, 3.8) is 0 Å². The molecule has 2 amide bonds. The van der Waals surface area contributed by atoms with Gasteiger partial charge in [0.05, 0.1) is 5.56 Å². The van der Waals surface area contributed by atoms with Gasteiger partial charge >= 0.3 is 0 Å². The molecule has 0 aliphatic carbocycles. The number of aromatic nitrogens is 4. The number of nitrogen functional groups attached to an aromatic ring is 1. The molecular formula is C28H24FN7O2. The van der Waals surface area contributed by atoms with Gasteiger partial charge in [0, 0.05) is 30.2 Å². The Hall–Kier alpha value is -4.78. The molecule has 10 heteroatoms. The summed E-state index contributed by atoms with van der Waals surface area (Å²) in [5, 5.41) is 2.59. The highest BCUT2D eigenvalue weighted by atomic mass is 19.1. The number of nitrogens with one attached hydrogen (secondary N) is 1. The van der Waals surface area contributed by atoms with E-state index in [0.29, 0.717) is 28.4 Å². The summed E-state index contributed by atoms with van der Waals surface area (Å²) in [6.45, 7) is 1.65. The third-order valence-electron chi connectivity index (χ3n) is 7.45. The van der Waals surface area contributed by atoms with Crippen molar-refractivity contribution in [2.45, 2.75) is 44.2 Å². The Labute approximate surface area is 217 Å². The first kappa shape index (κ1) is 23.6. The van der Waals surface area contributed by atoms with Gasteiger partial charge in [0.2, 0.25) is 0 Å². The van der Waals surface area contributed by atoms with Crippen LogP contribution in [0.3, 0.4) is 0 Å². The van der Waals surface area contributed by atoms with E-state index in [9.17, 15) is 9.59 Å². The van der Waals surface area contributed by atoms with Gasteiger partial charge < -0.3 is 16.0 Å². The van der Waals surface area contributed by atoms with Gasteiger partial charge in [-0.3, -0.25) is 14.0 Å². The molecule has 6 rings (SSSR count). The summed E-state index contributed by atoms with van der Waals surface area (Å²) in [5.74, 6) is 5.07. The lowest BCUT2D eigenvalue weighted by atomic mass is 9.87. The van der Waals surface area contributed by atoms with Crippen molar-refractivity contribution in [1.82, 2.24) is 24.3 Å². The lowest BCUT2D eigenvalue weighted by Crippen LogP contribution is -2.43. The number of carbonyl (C=O) groups excluding carboxylic acids is 2. The first-order chi connectivity index (χ1) is 18.4. The van der Waals surface area contributed by atoms with Gasteiger partial charge in [-0.1, -0.05) is 18.1 Å². The molecule has 3 aromatic heterocycles. The van der Waals surface area contributed by atoms with Crippen molar-refractivity contribution in [3.05, 3.63) is 72.2 Å². The Morgan fingerprint density at radius 2 is 1.97 bits per heavy atom. The molecule has 2 bridgehead atoms. The molecule has 2 aliphatic heterocycles. The van der Waals surface area contributed by atoms with Crippen molar-refractivity contribution < 1.29 is 14.0 Å². The van der Waals surface area contributed by atoms with E-state index in [2.05, 4.69) is 27.1 Å². The van der Waals surface area contributed by atoms with E-state index >= 15 is 4.39 Å². The number of anilines is 2. The molecule has 9 nitrogen and oxygen atoms in total. The van der Waals surface area contributed by atoms with Crippen LogP contribution in [-0.2, 0) is 10.3 Å². The first-order valence-corrected chi connectivity index (χ1v) is 12.3. The zero-order valence-corrected chi connectivity index (χ0v) is 20.6. The molecule has 0 radical (unpaired) electrons. The zero-order chi connectivity index (χ0) is 26.4. The minimum Gasteiger partial charge on any atom is -0.382 e. The topological polar surface area (TPSA) is 119 Å². The maximum atomic E-state index is 15.3. The van der Waals surface area contributed by atoms with E-state index < -0.39 is 17.3 Å². The van der Waals surface area contributed by atoms with E-state index in [1.807, 2.05) is 9.30 Å². The summed E-state index contributed by atoms with van der Waals surface area (Å²) in [6, 6.07) is 9.47. The number of carbonyl (C=O) groups is 2. The second kappa shape index (κ2) is 8.95. The molecule has 2 aliphatic rings. The van der Waals surface area contributed by atoms with Crippen LogP contribution >= 0.6 is 0 Å². The fraction of sp³-hybridized carbons (Fsp3) is 0.250. The normalized spacial score (nSPS) is 19.8. The lowest BCUT2D eigenvalue weighted by molar-refractivity contribution is -0.129. The maximum Gasteiger partial charge on any atom is 0.299 e. The second-order valence-electron chi connectivity index (χ2n) is 9.49. The smallest absolute Gasteiger partial charge is 0.299 e. The average Bonchev–Trinajstić information content (AvgIpc) is 3.60. The standard InChI is InChI=1S/C28H24FN7O2/c1-2-5-22(37)36-18-9-11-28(36,12-10-18)27-34-23(24-25(30)32-14-15-35(24)27)17-7-8-19(20(29)16-17)26(38)33-21-6-3-4-13-31-21/h3-4,6-8,13-16,18H,9-12H2,1H3,(H2,30,32)(H,31,33,38). The van der Waals surface area contributed by atoms with Crippen LogP contribution in [0.25, 0.3) is 16.8 Å². The number of imidazole rings is 1. The minimum absolute atomic E-state index is 0.104. The van der Waals surface area contributed by atoms with Crippen molar-refractivity contribution >= 4 is 29.0 Å². The molecule has 0 spiro atoms. The molecular weight excluding hydrogens is 485 g/mol. The predicted octanol–water partition coefficient (Wildman–Crippen LogP) is 3.77. The van der Waals surface area contributed by atoms with Gasteiger partial charge in [0.25, 0.3) is 11.8 Å². The minimum atomic E-state index is -0.712. The summed E-state index contributed by atoms with van der Waals surface area (Å²) in [7, 11) is 0. The quantitative estimate of drug-likeness (QED) is 0.405. The Balaban J connectivity index is 1.44. The number of nitrogens with two attached hydrogens (primary N) is 1. The number of hydrogen-bond donors (Lipinski definition) is 2. The van der Waals surface area contributed by atoms with Crippen LogP contribution < -0.4 is 11.1 Å². The van der Waals surface area contributed by atoms with Crippen LogP contribution in [0.15, 0.2) is 55.0 Å². The number of pyridine rings is 1. The summed E-state index contributed by atoms with van der Waals surface area (Å²) >= 11 is 0. The van der Waals surface area contributed by atoms with Crippen LogP contribution in [0.4, 0.5) is 16.0 Å². The van der Waals surface area contributed by atoms with Gasteiger partial charge in [-0.25, -0.2) is 19.3 Å². The molecule has 1 aromatic carbocycles. The molecule has 3 N–H and O–H groups in total. The Morgan fingerprint density at radius 3 is 2.68 bits per heavy atom. The number of amides is 2. The number of hydrogen-bond acceptors (Lipinski definition) is 6. The van der Waals surface area contributed by atoms with E-state index in [1.165, 1.54) is 18.3 Å². The highest BCUT2D eigenvalue weighted by Gasteiger charge is 2.57. The fourth-order valence-electron chi connectivity index (χ4n) is 5.85. The van der Waals surface area contributed by atoms with Crippen molar-refractivity contribution in [1.29, 1.82) is 0 Å². The van der Waals surface area contributed by atoms with E-state index in [4.69, 9.17) is 10.7 Å². The lowest BCUT2D eigenvalue weighted by Gasteiger charge is -2.32. The second-order valence-corrected chi connectivity index (χ2v) is 9.49. The highest BCUT2D eigenvalue weighted by molar-refractivity contribution is 6.04. The molecule has 0 saturated carbocycles. The molecule has 0 unspecified atom stereocenters. The van der Waals surface area contributed by atoms with Crippen LogP contribution in [0.2, 0.25) is 0 Å². The highest BCUT2D eigenvalue weighted by Crippen LogP contribution is 2.53. The maximum absolute atomic E-state index is 15.3. The molecule has 0 atom stereocenters. The van der Waals surface area contributed by atoms with Gasteiger partial charge in [-0.05, 0) is 62.8 Å². The summed E-state index contributed by atoms with van der Waals surface area (Å²) in [4.78, 5) is 40.8. The summed E-state index contributed by atoms with van der Waals surface area (Å²) < 4.78 is 17.1. The average molecular weight is 510 g/mol. The van der Waals surface area contributed by atoms with Gasteiger partial charge in [-0.15, -0.1) is 0 Å². The molecule has 2 fully saturated rings. The third-order valence-corrected chi connectivity index (χ3v) is 7.45. The molecule has 38 heavy (non-hydrogen) atoms. The SMILES string of the molecule is CC#CC(=O)N1C2CCC1(c1nc(-c3ccc(C(=O)Nc4ccccn4)c(F)c3)c3c(N)nccn13)CC2. The summed E-state index contributed by atoms with van der Waals surface area (Å²) in [5.41, 5.74) is 6.93. The molecule has 4 aromatic rings. The molecule has 190 valence electrons. The number of fused-ring (bicyclic) bond motifs is 3. The monoisotopic (exact) mass is 509 g/mol. The van der Waals surface area contributed by atoms with Crippen molar-refractivity contribution in [2.24, 2.45) is 0 Å². The predicted molar refractivity (Wildman–Crippen MR) is 139 cm³/mol. The molecule has 5 heterocycles. The van der Waals surface area contributed by atoms with Gasteiger partial charge in [-0.2, -0.15) is 0 Å². The van der Waals surface area contributed by atoms with Gasteiger partial charge in [0.15, 0.2) is 0 Å². The molecule has 2 saturated heterocycles. The van der Waals surface area contributed by atoms with Crippen LogP contribution in [0.5, 0.6) is 0 Å². The first-order valence-electron chi connectivity index (χ1n) is 12.3. The van der Waals surface area contributed by atoms with E-state index in [1.54, 1.807) is 43.6 Å². The summed E-state index contributed by atoms with van der Waals surface area (Å²) in [6.07, 6.45) is 8.09. The Morgan fingerprint density at radius 1 is 1.16 bits per heavy atom. The Kier molecular flexibility index (Phi) is 5.56. The number of halogens is 1. The number of benzene rings is 1. The van der Waals surface area contributed by atoms with E-state index in [-0.39, 0.29) is 23.3 Å². The third kappa shape index (κ3) is 3.58. The van der Waals surface area contributed by atoms with Gasteiger partial charge in [0.1, 0.15) is 40.0 Å². The van der Waals surface area contributed by atoms with E-state index in [0.717, 1.165) is 25.7 Å².